The van der Waals surface area contributed by atoms with Crippen molar-refractivity contribution in [1.29, 1.82) is 0 Å². The Balaban J connectivity index is 2.12. The minimum absolute atomic E-state index is 0.136. The number of nitrogens with one attached hydrogen (secondary N) is 1. The summed E-state index contributed by atoms with van der Waals surface area (Å²) in [6.45, 7) is 3.88. The lowest BCUT2D eigenvalue weighted by molar-refractivity contribution is -0.384. The van der Waals surface area contributed by atoms with Gasteiger partial charge in [-0.05, 0) is 54.3 Å². The minimum Gasteiger partial charge on any atom is -0.377 e. The summed E-state index contributed by atoms with van der Waals surface area (Å²) in [5.74, 6) is 0. The lowest BCUT2D eigenvalue weighted by Gasteiger charge is -2.15. The summed E-state index contributed by atoms with van der Waals surface area (Å²) in [4.78, 5) is 10.7. The Hall–Kier alpha value is -1.88. The van der Waals surface area contributed by atoms with Crippen LogP contribution >= 0.6 is 11.3 Å². The highest BCUT2D eigenvalue weighted by molar-refractivity contribution is 7.07. The molecule has 5 heteroatoms. The van der Waals surface area contributed by atoms with Gasteiger partial charge >= 0.3 is 0 Å². The van der Waals surface area contributed by atoms with Gasteiger partial charge in [0.25, 0.3) is 5.69 Å². The molecule has 1 aromatic carbocycles. The first-order valence-electron chi connectivity index (χ1n) is 6.09. The number of hydrogen-bond donors (Lipinski definition) is 1. The van der Waals surface area contributed by atoms with E-state index in [1.165, 1.54) is 5.56 Å². The van der Waals surface area contributed by atoms with E-state index in [4.69, 9.17) is 0 Å². The molecule has 0 bridgehead atoms. The van der Waals surface area contributed by atoms with Crippen LogP contribution in [0.15, 0.2) is 35.0 Å². The molecular formula is C14H16N2O2S. The molecule has 0 amide bonds. The Morgan fingerprint density at radius 3 is 2.84 bits per heavy atom. The molecule has 4 nitrogen and oxygen atoms in total. The van der Waals surface area contributed by atoms with Gasteiger partial charge in [-0.15, -0.1) is 0 Å². The minimum atomic E-state index is -0.341. The van der Waals surface area contributed by atoms with E-state index in [-0.39, 0.29) is 16.7 Å². The molecule has 0 fully saturated rings. The average Bonchev–Trinajstić information content (AvgIpc) is 2.83. The molecule has 2 rings (SSSR count). The van der Waals surface area contributed by atoms with Crippen LogP contribution < -0.4 is 5.32 Å². The highest BCUT2D eigenvalue weighted by Crippen LogP contribution is 2.26. The van der Waals surface area contributed by atoms with Crippen molar-refractivity contribution in [3.05, 3.63) is 56.3 Å². The van der Waals surface area contributed by atoms with Gasteiger partial charge in [-0.25, -0.2) is 0 Å². The highest BCUT2D eigenvalue weighted by Gasteiger charge is 2.15. The van der Waals surface area contributed by atoms with Gasteiger partial charge in [0.05, 0.1) is 4.92 Å². The lowest BCUT2D eigenvalue weighted by atomic mass is 10.1. The topological polar surface area (TPSA) is 55.2 Å². The molecule has 1 unspecified atom stereocenters. The standard InChI is InChI=1S/C14H16N2O2S/c1-10-3-4-13(14(7-10)16(17)18)15-11(2)8-12-5-6-19-9-12/h3-7,9,11,15H,8H2,1-2H3. The molecule has 0 aliphatic heterocycles. The van der Waals surface area contributed by atoms with E-state index in [1.54, 1.807) is 23.5 Å². The number of aryl methyl sites for hydroxylation is 1. The summed E-state index contributed by atoms with van der Waals surface area (Å²) in [6, 6.07) is 7.48. The summed E-state index contributed by atoms with van der Waals surface area (Å²) in [6.07, 6.45) is 0.856. The molecule has 0 saturated heterocycles. The number of rotatable bonds is 5. The third-order valence-corrected chi connectivity index (χ3v) is 3.61. The van der Waals surface area contributed by atoms with E-state index >= 15 is 0 Å². The van der Waals surface area contributed by atoms with E-state index < -0.39 is 0 Å². The fraction of sp³-hybridized carbons (Fsp3) is 0.286. The summed E-state index contributed by atoms with van der Waals surface area (Å²) < 4.78 is 0. The van der Waals surface area contributed by atoms with Crippen LogP contribution in [0.1, 0.15) is 18.1 Å². The molecule has 1 heterocycles. The summed E-state index contributed by atoms with van der Waals surface area (Å²) in [7, 11) is 0. The van der Waals surface area contributed by atoms with Crippen molar-refractivity contribution in [3.8, 4) is 0 Å². The number of thiophene rings is 1. The zero-order valence-corrected chi connectivity index (χ0v) is 11.7. The van der Waals surface area contributed by atoms with Gasteiger partial charge in [-0.1, -0.05) is 6.07 Å². The molecule has 19 heavy (non-hydrogen) atoms. The van der Waals surface area contributed by atoms with E-state index in [0.717, 1.165) is 12.0 Å². The number of hydrogen-bond acceptors (Lipinski definition) is 4. The van der Waals surface area contributed by atoms with E-state index in [9.17, 15) is 10.1 Å². The molecule has 0 spiro atoms. The first-order chi connectivity index (χ1) is 9.06. The number of nitro benzene ring substituents is 1. The first-order valence-corrected chi connectivity index (χ1v) is 7.03. The van der Waals surface area contributed by atoms with Crippen LogP contribution in [0.2, 0.25) is 0 Å². The largest absolute Gasteiger partial charge is 0.377 e. The van der Waals surface area contributed by atoms with Gasteiger partial charge in [0.15, 0.2) is 0 Å². The van der Waals surface area contributed by atoms with Crippen LogP contribution in [-0.4, -0.2) is 11.0 Å². The fourth-order valence-corrected chi connectivity index (χ4v) is 2.68. The van der Waals surface area contributed by atoms with Gasteiger partial charge < -0.3 is 5.32 Å². The Kier molecular flexibility index (Phi) is 4.16. The van der Waals surface area contributed by atoms with Gasteiger partial charge in [0.2, 0.25) is 0 Å². The maximum Gasteiger partial charge on any atom is 0.292 e. The second-order valence-corrected chi connectivity index (χ2v) is 5.44. The van der Waals surface area contributed by atoms with E-state index in [1.807, 2.05) is 25.3 Å². The number of benzene rings is 1. The molecule has 0 saturated carbocycles. The SMILES string of the molecule is Cc1ccc(NC(C)Cc2ccsc2)c([N+](=O)[O-])c1. The van der Waals surface area contributed by atoms with Crippen LogP contribution in [0.5, 0.6) is 0 Å². The molecule has 1 atom stereocenters. The van der Waals surface area contributed by atoms with Crippen LogP contribution in [0.4, 0.5) is 11.4 Å². The number of nitro groups is 1. The van der Waals surface area contributed by atoms with Crippen molar-refractivity contribution in [1.82, 2.24) is 0 Å². The second kappa shape index (κ2) is 5.84. The molecule has 0 aliphatic rings. The van der Waals surface area contributed by atoms with Crippen molar-refractivity contribution in [2.24, 2.45) is 0 Å². The Morgan fingerprint density at radius 1 is 1.42 bits per heavy atom. The fourth-order valence-electron chi connectivity index (χ4n) is 1.99. The van der Waals surface area contributed by atoms with E-state index in [2.05, 4.69) is 16.8 Å². The molecule has 0 radical (unpaired) electrons. The maximum atomic E-state index is 11.0. The maximum absolute atomic E-state index is 11.0. The zero-order valence-electron chi connectivity index (χ0n) is 10.9. The Labute approximate surface area is 116 Å². The molecule has 1 N–H and O–H groups in total. The monoisotopic (exact) mass is 276 g/mol. The highest BCUT2D eigenvalue weighted by atomic mass is 32.1. The first kappa shape index (κ1) is 13.5. The Morgan fingerprint density at radius 2 is 2.21 bits per heavy atom. The molecule has 2 aromatic rings. The smallest absolute Gasteiger partial charge is 0.292 e. The second-order valence-electron chi connectivity index (χ2n) is 4.66. The number of anilines is 1. The molecule has 1 aromatic heterocycles. The van der Waals surface area contributed by atoms with Crippen LogP contribution in [0, 0.1) is 17.0 Å². The van der Waals surface area contributed by atoms with Gasteiger partial charge in [-0.3, -0.25) is 10.1 Å². The van der Waals surface area contributed by atoms with Crippen LogP contribution in [-0.2, 0) is 6.42 Å². The Bertz CT molecular complexity index is 567. The summed E-state index contributed by atoms with van der Waals surface area (Å²) >= 11 is 1.66. The predicted octanol–water partition coefficient (Wildman–Crippen LogP) is 4.01. The third kappa shape index (κ3) is 3.54. The zero-order chi connectivity index (χ0) is 13.8. The summed E-state index contributed by atoms with van der Waals surface area (Å²) in [5, 5.41) is 18.4. The van der Waals surface area contributed by atoms with Crippen molar-refractivity contribution in [2.75, 3.05) is 5.32 Å². The lowest BCUT2D eigenvalue weighted by Crippen LogP contribution is -2.18. The van der Waals surface area contributed by atoms with Crippen molar-refractivity contribution in [2.45, 2.75) is 26.3 Å². The van der Waals surface area contributed by atoms with Crippen molar-refractivity contribution < 1.29 is 4.92 Å². The van der Waals surface area contributed by atoms with Crippen LogP contribution in [0.25, 0.3) is 0 Å². The van der Waals surface area contributed by atoms with Gasteiger partial charge in [0.1, 0.15) is 5.69 Å². The average molecular weight is 276 g/mol. The molecule has 100 valence electrons. The third-order valence-electron chi connectivity index (χ3n) is 2.87. The van der Waals surface area contributed by atoms with Crippen molar-refractivity contribution in [3.63, 3.8) is 0 Å². The van der Waals surface area contributed by atoms with Gasteiger partial charge in [-0.2, -0.15) is 11.3 Å². The van der Waals surface area contributed by atoms with E-state index in [0.29, 0.717) is 5.69 Å². The van der Waals surface area contributed by atoms with Crippen molar-refractivity contribution >= 4 is 22.7 Å². The summed E-state index contributed by atoms with van der Waals surface area (Å²) in [5.41, 5.74) is 2.86. The molecule has 0 aliphatic carbocycles. The molecular weight excluding hydrogens is 260 g/mol. The normalized spacial score (nSPS) is 12.1. The number of nitrogens with zero attached hydrogens (tertiary/aromatic N) is 1. The van der Waals surface area contributed by atoms with Crippen LogP contribution in [0.3, 0.4) is 0 Å². The quantitative estimate of drug-likeness (QED) is 0.663. The van der Waals surface area contributed by atoms with Gasteiger partial charge in [0, 0.05) is 12.1 Å². The predicted molar refractivity (Wildman–Crippen MR) is 78.9 cm³/mol.